The molecule has 0 aliphatic heterocycles. The summed E-state index contributed by atoms with van der Waals surface area (Å²) in [5.74, 6) is -3.03. The minimum absolute atomic E-state index is 0.200. The second-order valence-electron chi connectivity index (χ2n) is 2.84. The molecule has 1 aromatic rings. The fourth-order valence-corrected chi connectivity index (χ4v) is 1.30. The van der Waals surface area contributed by atoms with Gasteiger partial charge in [0.2, 0.25) is 0 Å². The van der Waals surface area contributed by atoms with Crippen LogP contribution in [0, 0.1) is 5.82 Å². The smallest absolute Gasteiger partial charge is 0.403 e. The quantitative estimate of drug-likeness (QED) is 0.597. The molecule has 0 heterocycles. The van der Waals surface area contributed by atoms with Crippen molar-refractivity contribution in [1.82, 2.24) is 0 Å². The van der Waals surface area contributed by atoms with Crippen LogP contribution in [-0.4, -0.2) is 12.1 Å². The normalized spacial score (nSPS) is 11.4. The Morgan fingerprint density at radius 2 is 1.94 bits per heavy atom. The van der Waals surface area contributed by atoms with E-state index in [9.17, 15) is 22.4 Å². The van der Waals surface area contributed by atoms with Crippen LogP contribution < -0.4 is 4.74 Å². The number of carbonyl (C=O) groups is 1. The Kier molecular flexibility index (Phi) is 3.42. The molecule has 0 amide bonds. The molecule has 1 rings (SSSR count). The molecule has 0 N–H and O–H groups in total. The number of Topliss-reactive ketones (excluding diaryl/α,β-unsaturated/α-hetero) is 1. The van der Waals surface area contributed by atoms with Gasteiger partial charge in [0.1, 0.15) is 0 Å². The number of ether oxygens (including phenoxy) is 1. The van der Waals surface area contributed by atoms with Crippen LogP contribution in [0.4, 0.5) is 17.6 Å². The number of carbonyl (C=O) groups excluding carboxylic acids is 1. The summed E-state index contributed by atoms with van der Waals surface area (Å²) < 4.78 is 52.1. The molecule has 0 aliphatic carbocycles. The van der Waals surface area contributed by atoms with E-state index in [0.29, 0.717) is 6.07 Å². The van der Waals surface area contributed by atoms with E-state index in [0.717, 1.165) is 13.0 Å². The molecule has 7 heteroatoms. The van der Waals surface area contributed by atoms with Crippen LogP contribution in [0.2, 0.25) is 5.02 Å². The SMILES string of the molecule is CC(=O)c1ccc(OC(F)(F)F)c(F)c1Cl. The van der Waals surface area contributed by atoms with Crippen LogP contribution in [0.5, 0.6) is 5.75 Å². The molecule has 1 aromatic carbocycles. The van der Waals surface area contributed by atoms with Gasteiger partial charge in [0.15, 0.2) is 17.3 Å². The zero-order chi connectivity index (χ0) is 12.5. The monoisotopic (exact) mass is 256 g/mol. The molecule has 0 radical (unpaired) electrons. The molecule has 0 aromatic heterocycles. The summed E-state index contributed by atoms with van der Waals surface area (Å²) in [5, 5.41) is -0.686. The highest BCUT2D eigenvalue weighted by Gasteiger charge is 2.33. The van der Waals surface area contributed by atoms with Crippen molar-refractivity contribution in [3.63, 3.8) is 0 Å². The molecular weight excluding hydrogens is 252 g/mol. The van der Waals surface area contributed by atoms with Gasteiger partial charge in [-0.3, -0.25) is 4.79 Å². The number of halogens is 5. The Morgan fingerprint density at radius 1 is 1.38 bits per heavy atom. The summed E-state index contributed by atoms with van der Waals surface area (Å²) in [6.45, 7) is 1.12. The van der Waals surface area contributed by atoms with Gasteiger partial charge in [0.25, 0.3) is 0 Å². The van der Waals surface area contributed by atoms with Gasteiger partial charge in [0.05, 0.1) is 5.02 Å². The lowest BCUT2D eigenvalue weighted by Gasteiger charge is -2.11. The zero-order valence-corrected chi connectivity index (χ0v) is 8.62. The number of rotatable bonds is 2. The van der Waals surface area contributed by atoms with Gasteiger partial charge >= 0.3 is 6.36 Å². The van der Waals surface area contributed by atoms with Gasteiger partial charge in [-0.2, -0.15) is 0 Å². The maximum absolute atomic E-state index is 13.2. The first-order valence-electron chi connectivity index (χ1n) is 3.97. The average molecular weight is 257 g/mol. The minimum Gasteiger partial charge on any atom is -0.403 e. The van der Waals surface area contributed by atoms with E-state index in [-0.39, 0.29) is 5.56 Å². The van der Waals surface area contributed by atoms with Gasteiger partial charge in [-0.25, -0.2) is 4.39 Å². The summed E-state index contributed by atoms with van der Waals surface area (Å²) in [6, 6.07) is 1.67. The van der Waals surface area contributed by atoms with E-state index in [1.165, 1.54) is 0 Å². The Morgan fingerprint density at radius 3 is 2.38 bits per heavy atom. The lowest BCUT2D eigenvalue weighted by atomic mass is 10.1. The molecule has 0 fully saturated rings. The lowest BCUT2D eigenvalue weighted by Crippen LogP contribution is -2.18. The molecule has 88 valence electrons. The third-order valence-corrected chi connectivity index (χ3v) is 2.02. The largest absolute Gasteiger partial charge is 0.573 e. The molecule has 0 saturated carbocycles. The first kappa shape index (κ1) is 12.8. The van der Waals surface area contributed by atoms with E-state index < -0.39 is 28.7 Å². The minimum atomic E-state index is -5.01. The zero-order valence-electron chi connectivity index (χ0n) is 7.86. The molecule has 0 atom stereocenters. The molecule has 2 nitrogen and oxygen atoms in total. The predicted octanol–water partition coefficient (Wildman–Crippen LogP) is 3.58. The predicted molar refractivity (Wildman–Crippen MR) is 48.1 cm³/mol. The maximum atomic E-state index is 13.2. The first-order chi connectivity index (χ1) is 7.22. The Labute approximate surface area is 92.8 Å². The Balaban J connectivity index is 3.17. The van der Waals surface area contributed by atoms with Crippen molar-refractivity contribution in [2.75, 3.05) is 0 Å². The van der Waals surface area contributed by atoms with Crippen molar-refractivity contribution in [2.45, 2.75) is 13.3 Å². The topological polar surface area (TPSA) is 26.3 Å². The number of ketones is 1. The fraction of sp³-hybridized carbons (Fsp3) is 0.222. The van der Waals surface area contributed by atoms with Crippen LogP contribution >= 0.6 is 11.6 Å². The van der Waals surface area contributed by atoms with Crippen molar-refractivity contribution >= 4 is 17.4 Å². The second-order valence-corrected chi connectivity index (χ2v) is 3.22. The number of hydrogen-bond donors (Lipinski definition) is 0. The molecule has 16 heavy (non-hydrogen) atoms. The summed E-state index contributed by atoms with van der Waals surface area (Å²) in [6.07, 6.45) is -5.01. The van der Waals surface area contributed by atoms with Crippen molar-refractivity contribution in [1.29, 1.82) is 0 Å². The first-order valence-corrected chi connectivity index (χ1v) is 4.35. The number of benzene rings is 1. The van der Waals surface area contributed by atoms with E-state index in [4.69, 9.17) is 11.6 Å². The second kappa shape index (κ2) is 4.29. The van der Waals surface area contributed by atoms with E-state index in [1.54, 1.807) is 0 Å². The molecular formula is C9H5ClF4O2. The van der Waals surface area contributed by atoms with Crippen molar-refractivity contribution in [3.05, 3.63) is 28.5 Å². The summed E-state index contributed by atoms with van der Waals surface area (Å²) in [4.78, 5) is 10.9. The summed E-state index contributed by atoms with van der Waals surface area (Å²) >= 11 is 5.38. The molecule has 0 saturated heterocycles. The number of hydrogen-bond acceptors (Lipinski definition) is 2. The molecule has 0 aliphatic rings. The Hall–Kier alpha value is -1.30. The van der Waals surface area contributed by atoms with Gasteiger partial charge in [-0.1, -0.05) is 11.6 Å². The van der Waals surface area contributed by atoms with Gasteiger partial charge in [0, 0.05) is 5.56 Å². The third kappa shape index (κ3) is 2.85. The van der Waals surface area contributed by atoms with Crippen LogP contribution in [-0.2, 0) is 0 Å². The average Bonchev–Trinajstić information content (AvgIpc) is 2.10. The molecule has 0 bridgehead atoms. The highest BCUT2D eigenvalue weighted by atomic mass is 35.5. The van der Waals surface area contributed by atoms with Crippen LogP contribution in [0.1, 0.15) is 17.3 Å². The molecule has 0 spiro atoms. The van der Waals surface area contributed by atoms with Gasteiger partial charge < -0.3 is 4.74 Å². The highest BCUT2D eigenvalue weighted by molar-refractivity contribution is 6.34. The van der Waals surface area contributed by atoms with Crippen LogP contribution in [0.3, 0.4) is 0 Å². The maximum Gasteiger partial charge on any atom is 0.573 e. The van der Waals surface area contributed by atoms with Gasteiger partial charge in [-0.15, -0.1) is 13.2 Å². The fourth-order valence-electron chi connectivity index (χ4n) is 1.01. The van der Waals surface area contributed by atoms with E-state index in [2.05, 4.69) is 4.74 Å². The lowest BCUT2D eigenvalue weighted by molar-refractivity contribution is -0.275. The summed E-state index contributed by atoms with van der Waals surface area (Å²) in [5.41, 5.74) is -0.200. The third-order valence-electron chi connectivity index (χ3n) is 1.65. The standard InChI is InChI=1S/C9H5ClF4O2/c1-4(15)5-2-3-6(8(11)7(5)10)16-9(12,13)14/h2-3H,1H3. The van der Waals surface area contributed by atoms with Gasteiger partial charge in [-0.05, 0) is 19.1 Å². The Bertz CT molecular complexity index is 428. The van der Waals surface area contributed by atoms with Crippen LogP contribution in [0.25, 0.3) is 0 Å². The summed E-state index contributed by atoms with van der Waals surface area (Å²) in [7, 11) is 0. The van der Waals surface area contributed by atoms with Crippen molar-refractivity contribution < 1.29 is 27.1 Å². The van der Waals surface area contributed by atoms with E-state index >= 15 is 0 Å². The van der Waals surface area contributed by atoms with Crippen molar-refractivity contribution in [3.8, 4) is 5.75 Å². The molecule has 0 unspecified atom stereocenters. The number of alkyl halides is 3. The van der Waals surface area contributed by atoms with Crippen LogP contribution in [0.15, 0.2) is 12.1 Å². The highest BCUT2D eigenvalue weighted by Crippen LogP contribution is 2.31. The van der Waals surface area contributed by atoms with E-state index in [1.807, 2.05) is 0 Å². The van der Waals surface area contributed by atoms with Crippen molar-refractivity contribution in [2.24, 2.45) is 0 Å².